The van der Waals surface area contributed by atoms with E-state index in [9.17, 15) is 15.0 Å². The lowest BCUT2D eigenvalue weighted by atomic mass is 9.56. The molecule has 0 aliphatic heterocycles. The molecule has 0 heterocycles. The lowest BCUT2D eigenvalue weighted by Gasteiger charge is -2.48. The van der Waals surface area contributed by atoms with Crippen LogP contribution in [0, 0.1) is 11.3 Å². The molecular formula is C20H28O3. The van der Waals surface area contributed by atoms with Crippen LogP contribution >= 0.6 is 0 Å². The van der Waals surface area contributed by atoms with Crippen LogP contribution in [0.25, 0.3) is 0 Å². The molecule has 3 rings (SSSR count). The van der Waals surface area contributed by atoms with E-state index < -0.39 is 6.10 Å². The fraction of sp³-hybridized carbons (Fsp3) is 0.650. The van der Waals surface area contributed by atoms with Crippen LogP contribution in [0.4, 0.5) is 0 Å². The van der Waals surface area contributed by atoms with E-state index in [0.717, 1.165) is 36.7 Å². The fourth-order valence-corrected chi connectivity index (χ4v) is 5.50. The number of aromatic hydroxyl groups is 1. The maximum Gasteiger partial charge on any atom is 0.150 e. The Hall–Kier alpha value is -1.35. The first-order valence-electron chi connectivity index (χ1n) is 8.68. The van der Waals surface area contributed by atoms with Gasteiger partial charge in [0.05, 0.1) is 6.10 Å². The lowest BCUT2D eigenvalue weighted by molar-refractivity contribution is -0.0278. The Morgan fingerprint density at radius 1 is 1.26 bits per heavy atom. The summed E-state index contributed by atoms with van der Waals surface area (Å²) in [6.45, 7) is 10.6. The first-order valence-corrected chi connectivity index (χ1v) is 8.68. The van der Waals surface area contributed by atoms with E-state index in [4.69, 9.17) is 0 Å². The van der Waals surface area contributed by atoms with Gasteiger partial charge in [0, 0.05) is 17.0 Å². The van der Waals surface area contributed by atoms with Crippen molar-refractivity contribution in [2.24, 2.45) is 11.3 Å². The summed E-state index contributed by atoms with van der Waals surface area (Å²) in [5.41, 5.74) is 2.63. The minimum Gasteiger partial charge on any atom is -0.507 e. The number of phenolic OH excluding ortho intramolecular Hbond substituents is 1. The summed E-state index contributed by atoms with van der Waals surface area (Å²) in [4.78, 5) is 11.8. The number of aldehydes is 1. The van der Waals surface area contributed by atoms with Crippen LogP contribution < -0.4 is 0 Å². The molecule has 0 bridgehead atoms. The van der Waals surface area contributed by atoms with Crippen molar-refractivity contribution in [1.82, 2.24) is 0 Å². The molecule has 1 fully saturated rings. The Morgan fingerprint density at radius 2 is 1.91 bits per heavy atom. The van der Waals surface area contributed by atoms with Crippen molar-refractivity contribution in [3.8, 4) is 5.75 Å². The first-order chi connectivity index (χ1) is 10.6. The maximum absolute atomic E-state index is 11.8. The number of phenols is 1. The Morgan fingerprint density at radius 3 is 2.48 bits per heavy atom. The monoisotopic (exact) mass is 316 g/mol. The number of fused-ring (bicyclic) bond motifs is 3. The van der Waals surface area contributed by atoms with Crippen LogP contribution in [-0.4, -0.2) is 16.5 Å². The van der Waals surface area contributed by atoms with E-state index in [-0.39, 0.29) is 28.4 Å². The predicted molar refractivity (Wildman–Crippen MR) is 91.0 cm³/mol. The Bertz CT molecular complexity index is 659. The van der Waals surface area contributed by atoms with Gasteiger partial charge < -0.3 is 10.2 Å². The van der Waals surface area contributed by atoms with Crippen molar-refractivity contribution in [3.63, 3.8) is 0 Å². The molecule has 0 spiro atoms. The van der Waals surface area contributed by atoms with E-state index in [2.05, 4.69) is 20.8 Å². The largest absolute Gasteiger partial charge is 0.507 e. The van der Waals surface area contributed by atoms with Crippen LogP contribution in [0.15, 0.2) is 6.07 Å². The van der Waals surface area contributed by atoms with Gasteiger partial charge in [0.15, 0.2) is 0 Å². The zero-order chi connectivity index (χ0) is 17.2. The molecule has 0 saturated heterocycles. The molecule has 0 amide bonds. The highest BCUT2D eigenvalue weighted by atomic mass is 16.3. The molecular weight excluding hydrogens is 288 g/mol. The summed E-state index contributed by atoms with van der Waals surface area (Å²) in [6, 6.07) is 1.83. The average molecular weight is 316 g/mol. The second kappa shape index (κ2) is 5.07. The molecule has 2 aliphatic carbocycles. The number of hydrogen-bond donors (Lipinski definition) is 2. The van der Waals surface area contributed by atoms with E-state index in [1.807, 2.05) is 19.9 Å². The van der Waals surface area contributed by atoms with E-state index in [1.165, 1.54) is 0 Å². The van der Waals surface area contributed by atoms with E-state index in [0.29, 0.717) is 11.1 Å². The molecule has 2 aliphatic rings. The van der Waals surface area contributed by atoms with Gasteiger partial charge in [0.1, 0.15) is 12.0 Å². The number of benzene rings is 1. The highest BCUT2D eigenvalue weighted by Gasteiger charge is 2.58. The quantitative estimate of drug-likeness (QED) is 0.792. The number of rotatable bonds is 2. The van der Waals surface area contributed by atoms with Gasteiger partial charge in [-0.15, -0.1) is 0 Å². The topological polar surface area (TPSA) is 57.5 Å². The Labute approximate surface area is 138 Å². The van der Waals surface area contributed by atoms with Crippen molar-refractivity contribution < 1.29 is 15.0 Å². The highest BCUT2D eigenvalue weighted by Crippen LogP contribution is 2.64. The third-order valence-electron chi connectivity index (χ3n) is 6.37. The third kappa shape index (κ3) is 2.09. The minimum absolute atomic E-state index is 0.0178. The van der Waals surface area contributed by atoms with Crippen LogP contribution in [-0.2, 0) is 5.41 Å². The second-order valence-electron chi connectivity index (χ2n) is 8.65. The lowest BCUT2D eigenvalue weighted by Crippen LogP contribution is -2.44. The summed E-state index contributed by atoms with van der Waals surface area (Å²) in [5, 5.41) is 21.9. The Balaban J connectivity index is 2.33. The van der Waals surface area contributed by atoms with Crippen LogP contribution in [0.5, 0.6) is 5.75 Å². The molecule has 23 heavy (non-hydrogen) atoms. The van der Waals surface area contributed by atoms with E-state index in [1.54, 1.807) is 0 Å². The van der Waals surface area contributed by atoms with Gasteiger partial charge in [-0.05, 0) is 46.8 Å². The van der Waals surface area contributed by atoms with Crippen molar-refractivity contribution in [2.75, 3.05) is 0 Å². The zero-order valence-electron chi connectivity index (χ0n) is 14.8. The molecule has 1 aromatic rings. The molecule has 3 heteroatoms. The van der Waals surface area contributed by atoms with Crippen molar-refractivity contribution in [2.45, 2.75) is 71.3 Å². The third-order valence-corrected chi connectivity index (χ3v) is 6.37. The normalized spacial score (nSPS) is 31.8. The molecule has 0 aromatic heterocycles. The van der Waals surface area contributed by atoms with E-state index >= 15 is 0 Å². The molecule has 3 nitrogen and oxygen atoms in total. The summed E-state index contributed by atoms with van der Waals surface area (Å²) in [7, 11) is 0. The molecule has 1 saturated carbocycles. The van der Waals surface area contributed by atoms with Crippen molar-refractivity contribution in [3.05, 3.63) is 28.3 Å². The molecule has 0 radical (unpaired) electrons. The van der Waals surface area contributed by atoms with Crippen molar-refractivity contribution in [1.29, 1.82) is 0 Å². The number of carbonyl (C=O) groups is 1. The summed E-state index contributed by atoms with van der Waals surface area (Å²) in [5.74, 6) is 0.333. The molecule has 2 N–H and O–H groups in total. The van der Waals surface area contributed by atoms with Gasteiger partial charge in [0.2, 0.25) is 0 Å². The molecule has 3 atom stereocenters. The van der Waals surface area contributed by atoms with Crippen molar-refractivity contribution >= 4 is 6.29 Å². The fourth-order valence-electron chi connectivity index (χ4n) is 5.50. The smallest absolute Gasteiger partial charge is 0.150 e. The molecule has 1 unspecified atom stereocenters. The number of carbonyl (C=O) groups excluding carboxylic acids is 1. The summed E-state index contributed by atoms with van der Waals surface area (Å²) < 4.78 is 0. The molecule has 1 aromatic carbocycles. The van der Waals surface area contributed by atoms with Gasteiger partial charge in [-0.25, -0.2) is 0 Å². The van der Waals surface area contributed by atoms with Crippen LogP contribution in [0.1, 0.15) is 93.0 Å². The van der Waals surface area contributed by atoms with Gasteiger partial charge in [0.25, 0.3) is 0 Å². The second-order valence-corrected chi connectivity index (χ2v) is 8.65. The average Bonchev–Trinajstić information content (AvgIpc) is 2.69. The van der Waals surface area contributed by atoms with Gasteiger partial charge in [-0.3, -0.25) is 4.79 Å². The minimum atomic E-state index is -0.706. The Kier molecular flexibility index (Phi) is 3.64. The van der Waals surface area contributed by atoms with Crippen LogP contribution in [0.2, 0.25) is 0 Å². The zero-order valence-corrected chi connectivity index (χ0v) is 14.8. The SMILES string of the molecule is CC(C)c1cc(C=O)c2c(c1O)[C@H](O)C1C(C)(C)CCC[C@]21C. The summed E-state index contributed by atoms with van der Waals surface area (Å²) in [6.07, 6.45) is 3.28. The standard InChI is InChI=1S/C20H28O3/c1-11(2)13-9-12(10-21)15-14(16(13)22)17(23)18-19(3,4)7-6-8-20(15,18)5/h9-11,17-18,22-23H,6-8H2,1-5H3/t17-,18?,20+/m0/s1. The maximum atomic E-state index is 11.8. The van der Waals surface area contributed by atoms with Gasteiger partial charge >= 0.3 is 0 Å². The van der Waals surface area contributed by atoms with Crippen LogP contribution in [0.3, 0.4) is 0 Å². The van der Waals surface area contributed by atoms with Gasteiger partial charge in [-0.1, -0.05) is 41.0 Å². The number of aliphatic hydroxyl groups excluding tert-OH is 1. The first kappa shape index (κ1) is 16.5. The predicted octanol–water partition coefficient (Wildman–Crippen LogP) is 4.46. The summed E-state index contributed by atoms with van der Waals surface area (Å²) >= 11 is 0. The number of aliphatic hydroxyl groups is 1. The molecule has 126 valence electrons. The highest BCUT2D eigenvalue weighted by molar-refractivity contribution is 5.82. The number of hydrogen-bond acceptors (Lipinski definition) is 3. The van der Waals surface area contributed by atoms with Gasteiger partial charge in [-0.2, -0.15) is 0 Å².